The number of aromatic nitrogens is 4. The molecular weight excluding hydrogens is 334 g/mol. The van der Waals surface area contributed by atoms with Gasteiger partial charge in [-0.3, -0.25) is 9.48 Å². The van der Waals surface area contributed by atoms with Crippen molar-refractivity contribution in [3.63, 3.8) is 0 Å². The van der Waals surface area contributed by atoms with Crippen LogP contribution in [0.1, 0.15) is 21.1 Å². The summed E-state index contributed by atoms with van der Waals surface area (Å²) < 4.78 is 1.79. The van der Waals surface area contributed by atoms with E-state index in [1.807, 2.05) is 12.4 Å². The zero-order valence-electron chi connectivity index (χ0n) is 12.4. The molecule has 0 bridgehead atoms. The van der Waals surface area contributed by atoms with Crippen molar-refractivity contribution in [1.82, 2.24) is 19.7 Å². The van der Waals surface area contributed by atoms with Gasteiger partial charge in [0.1, 0.15) is 10.8 Å². The molecule has 0 unspecified atom stereocenters. The molecule has 0 aromatic carbocycles. The Balaban J connectivity index is 1.61. The molecule has 0 saturated heterocycles. The van der Waals surface area contributed by atoms with Crippen LogP contribution < -0.4 is 5.32 Å². The summed E-state index contributed by atoms with van der Waals surface area (Å²) in [4.78, 5) is 21.5. The molecule has 0 aliphatic carbocycles. The number of nitrogens with one attached hydrogen (secondary N) is 1. The van der Waals surface area contributed by atoms with Gasteiger partial charge in [0.25, 0.3) is 5.91 Å². The number of thiazole rings is 1. The van der Waals surface area contributed by atoms with E-state index in [9.17, 15) is 4.79 Å². The van der Waals surface area contributed by atoms with Crippen molar-refractivity contribution < 1.29 is 4.79 Å². The maximum atomic E-state index is 12.1. The Labute approximate surface area is 142 Å². The summed E-state index contributed by atoms with van der Waals surface area (Å²) in [5.41, 5.74) is 3.79. The quantitative estimate of drug-likeness (QED) is 0.719. The molecular formula is C15H14ClN5OS. The zero-order chi connectivity index (χ0) is 16.2. The van der Waals surface area contributed by atoms with Gasteiger partial charge in [-0.15, -0.1) is 11.3 Å². The molecule has 3 aromatic heterocycles. The Morgan fingerprint density at radius 1 is 1.43 bits per heavy atom. The van der Waals surface area contributed by atoms with E-state index in [1.54, 1.807) is 46.6 Å². The molecule has 6 nitrogen and oxygen atoms in total. The summed E-state index contributed by atoms with van der Waals surface area (Å²) in [7, 11) is 0. The van der Waals surface area contributed by atoms with Gasteiger partial charge in [0.2, 0.25) is 0 Å². The van der Waals surface area contributed by atoms with Gasteiger partial charge in [0.05, 0.1) is 23.1 Å². The van der Waals surface area contributed by atoms with Crippen LogP contribution in [0.25, 0.3) is 0 Å². The predicted octanol–water partition coefficient (Wildman–Crippen LogP) is 3.19. The van der Waals surface area contributed by atoms with Gasteiger partial charge in [-0.25, -0.2) is 9.97 Å². The van der Waals surface area contributed by atoms with Gasteiger partial charge in [0.15, 0.2) is 0 Å². The molecule has 1 N–H and O–H groups in total. The molecule has 3 rings (SSSR count). The number of nitrogens with zero attached hydrogens (tertiary/aromatic N) is 4. The van der Waals surface area contributed by atoms with Crippen LogP contribution in [0, 0.1) is 6.92 Å². The highest BCUT2D eigenvalue weighted by Crippen LogP contribution is 2.14. The monoisotopic (exact) mass is 347 g/mol. The van der Waals surface area contributed by atoms with Gasteiger partial charge in [-0.05, 0) is 19.1 Å². The van der Waals surface area contributed by atoms with Crippen LogP contribution >= 0.6 is 22.9 Å². The second kappa shape index (κ2) is 6.89. The van der Waals surface area contributed by atoms with Crippen molar-refractivity contribution in [3.8, 4) is 0 Å². The summed E-state index contributed by atoms with van der Waals surface area (Å²) >= 11 is 7.43. The Bertz CT molecular complexity index is 829. The van der Waals surface area contributed by atoms with E-state index in [4.69, 9.17) is 11.6 Å². The van der Waals surface area contributed by atoms with E-state index in [0.717, 1.165) is 18.7 Å². The third kappa shape index (κ3) is 3.94. The largest absolute Gasteiger partial charge is 0.318 e. The van der Waals surface area contributed by atoms with Crippen molar-refractivity contribution in [3.05, 3.63) is 57.5 Å². The van der Waals surface area contributed by atoms with Gasteiger partial charge >= 0.3 is 0 Å². The topological polar surface area (TPSA) is 72.7 Å². The number of rotatable bonds is 5. The Kier molecular flexibility index (Phi) is 4.68. The molecule has 0 aliphatic heterocycles. The summed E-state index contributed by atoms with van der Waals surface area (Å²) in [6.45, 7) is 2.73. The van der Waals surface area contributed by atoms with E-state index in [2.05, 4.69) is 20.4 Å². The maximum absolute atomic E-state index is 12.1. The summed E-state index contributed by atoms with van der Waals surface area (Å²) in [6, 6.07) is 4.92. The Morgan fingerprint density at radius 3 is 3.04 bits per heavy atom. The molecule has 3 aromatic rings. The third-order valence-electron chi connectivity index (χ3n) is 3.25. The number of amides is 1. The average molecular weight is 348 g/mol. The minimum atomic E-state index is -0.314. The second-order valence-electron chi connectivity index (χ2n) is 4.90. The van der Waals surface area contributed by atoms with E-state index < -0.39 is 0 Å². The second-order valence-corrected chi connectivity index (χ2v) is 6.23. The Hall–Kier alpha value is -2.25. The maximum Gasteiger partial charge on any atom is 0.274 e. The third-order valence-corrected chi connectivity index (χ3v) is 4.46. The lowest BCUT2D eigenvalue weighted by Gasteiger charge is -2.02. The van der Waals surface area contributed by atoms with Gasteiger partial charge in [-0.1, -0.05) is 17.7 Å². The first-order chi connectivity index (χ1) is 11.1. The number of pyridine rings is 1. The Morgan fingerprint density at radius 2 is 2.30 bits per heavy atom. The number of hydrogen-bond acceptors (Lipinski definition) is 5. The molecule has 0 spiro atoms. The van der Waals surface area contributed by atoms with E-state index in [0.29, 0.717) is 5.69 Å². The number of carbonyl (C=O) groups is 1. The molecule has 0 aliphatic rings. The van der Waals surface area contributed by atoms with Crippen LogP contribution in [0.2, 0.25) is 5.15 Å². The normalized spacial score (nSPS) is 10.7. The fourth-order valence-electron chi connectivity index (χ4n) is 2.06. The molecule has 0 saturated carbocycles. The van der Waals surface area contributed by atoms with Crippen molar-refractivity contribution in [2.45, 2.75) is 19.9 Å². The predicted molar refractivity (Wildman–Crippen MR) is 90.0 cm³/mol. The molecule has 0 radical (unpaired) electrons. The fraction of sp³-hybridized carbons (Fsp3) is 0.200. The smallest absolute Gasteiger partial charge is 0.274 e. The van der Waals surface area contributed by atoms with Gasteiger partial charge in [-0.2, -0.15) is 5.10 Å². The van der Waals surface area contributed by atoms with Crippen LogP contribution in [-0.4, -0.2) is 25.7 Å². The van der Waals surface area contributed by atoms with Gasteiger partial charge in [0, 0.05) is 24.0 Å². The summed E-state index contributed by atoms with van der Waals surface area (Å²) in [6.07, 6.45) is 4.27. The van der Waals surface area contributed by atoms with Gasteiger partial charge < -0.3 is 5.32 Å². The number of halogens is 1. The molecule has 0 fully saturated rings. The minimum Gasteiger partial charge on any atom is -0.318 e. The molecule has 118 valence electrons. The van der Waals surface area contributed by atoms with Crippen molar-refractivity contribution in [1.29, 1.82) is 0 Å². The SMILES string of the molecule is Cc1ncsc1CCn1cc(NC(=O)c2cccc(Cl)n2)cn1. The first-order valence-electron chi connectivity index (χ1n) is 6.97. The summed E-state index contributed by atoms with van der Waals surface area (Å²) in [5.74, 6) is -0.314. The highest BCUT2D eigenvalue weighted by Gasteiger charge is 2.10. The van der Waals surface area contributed by atoms with Crippen molar-refractivity contribution in [2.24, 2.45) is 0 Å². The van der Waals surface area contributed by atoms with Crippen molar-refractivity contribution in [2.75, 3.05) is 5.32 Å². The van der Waals surface area contributed by atoms with Crippen LogP contribution in [0.3, 0.4) is 0 Å². The molecule has 8 heteroatoms. The van der Waals surface area contributed by atoms with Crippen LogP contribution in [0.4, 0.5) is 5.69 Å². The fourth-order valence-corrected chi connectivity index (χ4v) is 3.00. The number of anilines is 1. The van der Waals surface area contributed by atoms with Crippen LogP contribution in [0.5, 0.6) is 0 Å². The van der Waals surface area contributed by atoms with Crippen molar-refractivity contribution >= 4 is 34.5 Å². The molecule has 0 atom stereocenters. The highest BCUT2D eigenvalue weighted by atomic mass is 35.5. The number of carbonyl (C=O) groups excluding carboxylic acids is 1. The van der Waals surface area contributed by atoms with E-state index in [-0.39, 0.29) is 16.8 Å². The lowest BCUT2D eigenvalue weighted by molar-refractivity contribution is 0.102. The molecule has 1 amide bonds. The standard InChI is InChI=1S/C15H14ClN5OS/c1-10-13(23-9-17-10)5-6-21-8-11(7-18-21)19-15(22)12-3-2-4-14(16)20-12/h2-4,7-9H,5-6H2,1H3,(H,19,22). The minimum absolute atomic E-state index is 0.269. The van der Waals surface area contributed by atoms with Crippen LogP contribution in [-0.2, 0) is 13.0 Å². The average Bonchev–Trinajstić information content (AvgIpc) is 3.14. The molecule has 3 heterocycles. The molecule has 23 heavy (non-hydrogen) atoms. The summed E-state index contributed by atoms with van der Waals surface area (Å²) in [5, 5.41) is 7.29. The lowest BCUT2D eigenvalue weighted by atomic mass is 10.3. The highest BCUT2D eigenvalue weighted by molar-refractivity contribution is 7.09. The first-order valence-corrected chi connectivity index (χ1v) is 8.23. The number of aryl methyl sites for hydroxylation is 3. The lowest BCUT2D eigenvalue weighted by Crippen LogP contribution is -2.13. The first kappa shape index (κ1) is 15.6. The zero-order valence-corrected chi connectivity index (χ0v) is 13.9. The number of hydrogen-bond donors (Lipinski definition) is 1. The van der Waals surface area contributed by atoms with Crippen LogP contribution in [0.15, 0.2) is 36.1 Å². The van der Waals surface area contributed by atoms with E-state index in [1.165, 1.54) is 4.88 Å². The van der Waals surface area contributed by atoms with E-state index >= 15 is 0 Å².